The topological polar surface area (TPSA) is 86.0 Å². The van der Waals surface area contributed by atoms with E-state index in [0.29, 0.717) is 0 Å². The Morgan fingerprint density at radius 3 is 2.68 bits per heavy atom. The maximum absolute atomic E-state index is 8.87. The molecule has 0 saturated heterocycles. The fraction of sp³-hybridized carbons (Fsp3) is 0.154. The average Bonchev–Trinajstić information content (AvgIpc) is 2.92. The van der Waals surface area contributed by atoms with Crippen LogP contribution >= 0.6 is 22.7 Å². The number of thiophene rings is 2. The van der Waals surface area contributed by atoms with Gasteiger partial charge in [0, 0.05) is 11.6 Å². The van der Waals surface area contributed by atoms with Gasteiger partial charge in [-0.15, -0.1) is 22.7 Å². The Morgan fingerprint density at radius 2 is 2.11 bits per heavy atom. The number of nitrogens with two attached hydrogens (primary N) is 1. The number of fused-ring (bicyclic) bond motifs is 1. The predicted octanol–water partition coefficient (Wildman–Crippen LogP) is 3.22. The van der Waals surface area contributed by atoms with Crippen molar-refractivity contribution in [1.29, 1.82) is 10.5 Å². The van der Waals surface area contributed by atoms with Crippen LogP contribution in [0, 0.1) is 36.5 Å². The molecule has 0 aliphatic heterocycles. The summed E-state index contributed by atoms with van der Waals surface area (Å²) in [7, 11) is 0. The zero-order valence-electron chi connectivity index (χ0n) is 10.4. The molecule has 2 heterocycles. The molecule has 6 heteroatoms. The molecule has 0 fully saturated rings. The minimum Gasteiger partial charge on any atom is -0.388 e. The van der Waals surface area contributed by atoms with Gasteiger partial charge in [0.25, 0.3) is 0 Å². The molecule has 94 valence electrons. The number of nitrogens with zero attached hydrogens (tertiary/aromatic N) is 3. The Bertz CT molecular complexity index is 778. The molecule has 0 spiro atoms. The first kappa shape index (κ1) is 13.3. The van der Waals surface area contributed by atoms with Crippen LogP contribution in [0.2, 0.25) is 0 Å². The summed E-state index contributed by atoms with van der Waals surface area (Å²) in [5, 5.41) is 20.9. The molecule has 0 amide bonds. The largest absolute Gasteiger partial charge is 0.388 e. The van der Waals surface area contributed by atoms with E-state index >= 15 is 0 Å². The Kier molecular flexibility index (Phi) is 3.66. The van der Waals surface area contributed by atoms with Gasteiger partial charge in [-0.25, -0.2) is 4.99 Å². The second-order valence-electron chi connectivity index (χ2n) is 3.92. The van der Waals surface area contributed by atoms with Crippen LogP contribution in [0.4, 0.5) is 0 Å². The Hall–Kier alpha value is -2.15. The first-order valence-electron chi connectivity index (χ1n) is 5.39. The third kappa shape index (κ3) is 2.37. The van der Waals surface area contributed by atoms with E-state index in [1.165, 1.54) is 15.0 Å². The molecule has 0 aromatic carbocycles. The first-order valence-corrected chi connectivity index (χ1v) is 7.09. The van der Waals surface area contributed by atoms with E-state index in [1.807, 2.05) is 13.0 Å². The van der Waals surface area contributed by atoms with Crippen molar-refractivity contribution in [1.82, 2.24) is 0 Å². The lowest BCUT2D eigenvalue weighted by molar-refractivity contribution is 1.27. The molecule has 0 bridgehead atoms. The molecular formula is C13H10N4S2. The molecule has 0 aliphatic carbocycles. The maximum atomic E-state index is 8.87. The average molecular weight is 286 g/mol. The summed E-state index contributed by atoms with van der Waals surface area (Å²) in [4.78, 5) is 5.00. The van der Waals surface area contributed by atoms with E-state index in [2.05, 4.69) is 17.3 Å². The number of aryl methyl sites for hydroxylation is 2. The van der Waals surface area contributed by atoms with Gasteiger partial charge in [0.2, 0.25) is 0 Å². The van der Waals surface area contributed by atoms with Crippen molar-refractivity contribution in [2.75, 3.05) is 0 Å². The molecule has 2 N–H and O–H groups in total. The van der Waals surface area contributed by atoms with Crippen LogP contribution in [0.1, 0.15) is 16.0 Å². The normalized spacial score (nSPS) is 12.4. The standard InChI is InChI=1S/C13H10N4S2/c1-7-6-18-13-12(7)8(2)11(19-13)5-17-10(4-15)9(16)3-14/h5-6H,16H2,1-2H3/b10-9+,17-5?. The van der Waals surface area contributed by atoms with Crippen LogP contribution in [0.15, 0.2) is 21.8 Å². The summed E-state index contributed by atoms with van der Waals surface area (Å²) in [6, 6.07) is 3.55. The molecule has 0 saturated carbocycles. The van der Waals surface area contributed by atoms with Gasteiger partial charge < -0.3 is 5.73 Å². The fourth-order valence-electron chi connectivity index (χ4n) is 1.70. The molecule has 0 atom stereocenters. The number of nitriles is 2. The van der Waals surface area contributed by atoms with Crippen molar-refractivity contribution in [2.24, 2.45) is 10.7 Å². The number of hydrogen-bond donors (Lipinski definition) is 1. The van der Waals surface area contributed by atoms with Gasteiger partial charge >= 0.3 is 0 Å². The Balaban J connectivity index is 2.46. The monoisotopic (exact) mass is 286 g/mol. The van der Waals surface area contributed by atoms with E-state index in [4.69, 9.17) is 16.3 Å². The molecule has 4 nitrogen and oxygen atoms in total. The summed E-state index contributed by atoms with van der Waals surface area (Å²) in [5.41, 5.74) is 7.59. The van der Waals surface area contributed by atoms with Crippen LogP contribution in [0.3, 0.4) is 0 Å². The van der Waals surface area contributed by atoms with Crippen LogP contribution < -0.4 is 5.73 Å². The molecule has 2 aromatic heterocycles. The van der Waals surface area contributed by atoms with Crippen molar-refractivity contribution in [3.63, 3.8) is 0 Å². The van der Waals surface area contributed by atoms with Gasteiger partial charge in [-0.2, -0.15) is 10.5 Å². The van der Waals surface area contributed by atoms with Gasteiger partial charge in [0.05, 0.1) is 8.89 Å². The summed E-state index contributed by atoms with van der Waals surface area (Å²) in [6.45, 7) is 4.11. The van der Waals surface area contributed by atoms with Crippen molar-refractivity contribution < 1.29 is 0 Å². The van der Waals surface area contributed by atoms with E-state index in [1.54, 1.807) is 35.0 Å². The van der Waals surface area contributed by atoms with Crippen molar-refractivity contribution >= 4 is 38.3 Å². The summed E-state index contributed by atoms with van der Waals surface area (Å²) in [5.74, 6) is 0. The zero-order chi connectivity index (χ0) is 14.0. The van der Waals surface area contributed by atoms with Crippen molar-refractivity contribution in [2.45, 2.75) is 13.8 Å². The summed E-state index contributed by atoms with van der Waals surface area (Å²) < 4.78 is 1.24. The smallest absolute Gasteiger partial charge is 0.174 e. The second-order valence-corrected chi connectivity index (χ2v) is 6.11. The first-order chi connectivity index (χ1) is 9.08. The van der Waals surface area contributed by atoms with Crippen molar-refractivity contribution in [3.8, 4) is 12.1 Å². The van der Waals surface area contributed by atoms with Crippen LogP contribution in [0.25, 0.3) is 9.40 Å². The minimum atomic E-state index is -0.161. The lowest BCUT2D eigenvalue weighted by Gasteiger charge is -1.93. The van der Waals surface area contributed by atoms with Crippen LogP contribution in [0.5, 0.6) is 0 Å². The lowest BCUT2D eigenvalue weighted by atomic mass is 10.1. The number of hydrogen-bond acceptors (Lipinski definition) is 6. The zero-order valence-corrected chi connectivity index (χ0v) is 12.0. The predicted molar refractivity (Wildman–Crippen MR) is 79.2 cm³/mol. The number of rotatable bonds is 2. The third-order valence-electron chi connectivity index (χ3n) is 2.68. The molecule has 19 heavy (non-hydrogen) atoms. The summed E-state index contributed by atoms with van der Waals surface area (Å²) in [6.07, 6.45) is 1.61. The lowest BCUT2D eigenvalue weighted by Crippen LogP contribution is -1.97. The number of allylic oxidation sites excluding steroid dienone is 2. The minimum absolute atomic E-state index is 0.0459. The van der Waals surface area contributed by atoms with Gasteiger partial charge in [-0.1, -0.05) is 0 Å². The molecule has 2 aromatic rings. The van der Waals surface area contributed by atoms with Gasteiger partial charge in [-0.3, -0.25) is 0 Å². The van der Waals surface area contributed by atoms with E-state index in [0.717, 1.165) is 10.4 Å². The van der Waals surface area contributed by atoms with Gasteiger partial charge in [0.1, 0.15) is 17.8 Å². The Labute approximate surface area is 118 Å². The highest BCUT2D eigenvalue weighted by Crippen LogP contribution is 2.36. The molecule has 0 unspecified atom stereocenters. The van der Waals surface area contributed by atoms with Gasteiger partial charge in [-0.05, 0) is 30.4 Å². The summed E-state index contributed by atoms with van der Waals surface area (Å²) >= 11 is 3.33. The van der Waals surface area contributed by atoms with E-state index in [-0.39, 0.29) is 11.4 Å². The highest BCUT2D eigenvalue weighted by molar-refractivity contribution is 7.38. The quantitative estimate of drug-likeness (QED) is 0.679. The van der Waals surface area contributed by atoms with Crippen molar-refractivity contribution in [3.05, 3.63) is 32.8 Å². The molecule has 0 aliphatic rings. The molecular weight excluding hydrogens is 276 g/mol. The fourth-order valence-corrected chi connectivity index (χ4v) is 4.12. The second kappa shape index (κ2) is 5.23. The highest BCUT2D eigenvalue weighted by atomic mass is 32.2. The van der Waals surface area contributed by atoms with Crippen LogP contribution in [-0.2, 0) is 0 Å². The maximum Gasteiger partial charge on any atom is 0.174 e. The van der Waals surface area contributed by atoms with E-state index in [9.17, 15) is 0 Å². The molecule has 2 rings (SSSR count). The SMILES string of the molecule is Cc1csc2sc(C=N/C(C#N)=C(/N)C#N)c(C)c12. The van der Waals surface area contributed by atoms with Crippen LogP contribution in [-0.4, -0.2) is 6.21 Å². The third-order valence-corrected chi connectivity index (χ3v) is 5.13. The van der Waals surface area contributed by atoms with Gasteiger partial charge in [0.15, 0.2) is 5.70 Å². The van der Waals surface area contributed by atoms with E-state index < -0.39 is 0 Å². The number of aliphatic imine (C=N–C) groups is 1. The Morgan fingerprint density at radius 1 is 1.37 bits per heavy atom. The highest BCUT2D eigenvalue weighted by Gasteiger charge is 2.11. The molecule has 0 radical (unpaired) electrons.